The number of aromatic nitrogens is 1. The van der Waals surface area contributed by atoms with Gasteiger partial charge in [0.05, 0.1) is 5.56 Å². The number of amides is 1. The zero-order chi connectivity index (χ0) is 13.8. The fourth-order valence-corrected chi connectivity index (χ4v) is 1.98. The van der Waals surface area contributed by atoms with Crippen LogP contribution in [0.3, 0.4) is 0 Å². The quantitative estimate of drug-likeness (QED) is 0.907. The molecule has 1 heterocycles. The average Bonchev–Trinajstić information content (AvgIpc) is 2.35. The molecule has 0 spiro atoms. The predicted molar refractivity (Wildman–Crippen MR) is 76.3 cm³/mol. The van der Waals surface area contributed by atoms with Gasteiger partial charge in [-0.15, -0.1) is 0 Å². The third kappa shape index (κ3) is 4.07. The molecule has 0 aromatic carbocycles. The van der Waals surface area contributed by atoms with Gasteiger partial charge in [0.15, 0.2) is 0 Å². The van der Waals surface area contributed by atoms with Crippen molar-refractivity contribution in [2.75, 3.05) is 19.6 Å². The van der Waals surface area contributed by atoms with Crippen LogP contribution in [0.25, 0.3) is 0 Å². The van der Waals surface area contributed by atoms with Crippen LogP contribution in [0.2, 0.25) is 0 Å². The number of hydrogen-bond acceptors (Lipinski definition) is 3. The normalized spacial score (nSPS) is 11.4. The molecule has 0 aliphatic heterocycles. The molecule has 0 atom stereocenters. The lowest BCUT2D eigenvalue weighted by atomic mass is 9.93. The summed E-state index contributed by atoms with van der Waals surface area (Å²) in [6.45, 7) is 7.94. The molecule has 0 saturated heterocycles. The minimum Gasteiger partial charge on any atom is -0.338 e. The van der Waals surface area contributed by atoms with Gasteiger partial charge >= 0.3 is 0 Å². The van der Waals surface area contributed by atoms with Crippen LogP contribution in [0.5, 0.6) is 0 Å². The minimum atomic E-state index is -0.0783. The van der Waals surface area contributed by atoms with Gasteiger partial charge in [0, 0.05) is 30.0 Å². The maximum atomic E-state index is 12.3. The second-order valence-electron chi connectivity index (χ2n) is 5.08. The van der Waals surface area contributed by atoms with E-state index in [-0.39, 0.29) is 11.3 Å². The minimum absolute atomic E-state index is 0.00664. The van der Waals surface area contributed by atoms with Crippen LogP contribution in [0, 0.1) is 5.41 Å². The summed E-state index contributed by atoms with van der Waals surface area (Å²) >= 11 is 3.32. The number of rotatable bonds is 5. The molecule has 18 heavy (non-hydrogen) atoms. The second-order valence-corrected chi connectivity index (χ2v) is 6.00. The molecular formula is C13H20BrN3O. The number of nitrogens with two attached hydrogens (primary N) is 1. The topological polar surface area (TPSA) is 59.2 Å². The van der Waals surface area contributed by atoms with Crippen molar-refractivity contribution in [2.45, 2.75) is 20.8 Å². The molecule has 1 amide bonds. The Morgan fingerprint density at radius 2 is 2.17 bits per heavy atom. The predicted octanol–water partition coefficient (Wildman–Crippen LogP) is 2.29. The summed E-state index contributed by atoms with van der Waals surface area (Å²) in [5, 5.41) is 0. The van der Waals surface area contributed by atoms with E-state index in [0.29, 0.717) is 25.2 Å². The van der Waals surface area contributed by atoms with E-state index in [4.69, 9.17) is 5.73 Å². The Bertz CT molecular complexity index is 420. The molecule has 1 aromatic rings. The molecule has 0 unspecified atom stereocenters. The van der Waals surface area contributed by atoms with Crippen LogP contribution in [-0.4, -0.2) is 35.4 Å². The van der Waals surface area contributed by atoms with E-state index >= 15 is 0 Å². The summed E-state index contributed by atoms with van der Waals surface area (Å²) in [6.07, 6.45) is 3.25. The highest BCUT2D eigenvalue weighted by molar-refractivity contribution is 9.10. The Hall–Kier alpha value is -0.940. The molecule has 0 bridgehead atoms. The SMILES string of the molecule is CCN(CC(C)(C)CN)C(=O)c1cncc(Br)c1. The Morgan fingerprint density at radius 3 is 2.67 bits per heavy atom. The lowest BCUT2D eigenvalue weighted by Gasteiger charge is -2.31. The second kappa shape index (κ2) is 6.29. The van der Waals surface area contributed by atoms with Crippen molar-refractivity contribution < 1.29 is 4.79 Å². The molecule has 100 valence electrons. The third-order valence-electron chi connectivity index (χ3n) is 2.79. The summed E-state index contributed by atoms with van der Waals surface area (Å²) in [4.78, 5) is 18.2. The van der Waals surface area contributed by atoms with Crippen molar-refractivity contribution in [3.8, 4) is 0 Å². The lowest BCUT2D eigenvalue weighted by molar-refractivity contribution is 0.0700. The van der Waals surface area contributed by atoms with Crippen molar-refractivity contribution in [1.29, 1.82) is 0 Å². The van der Waals surface area contributed by atoms with Crippen molar-refractivity contribution in [2.24, 2.45) is 11.1 Å². The fraction of sp³-hybridized carbons (Fsp3) is 0.538. The first-order chi connectivity index (χ1) is 8.39. The molecular weight excluding hydrogens is 294 g/mol. The van der Waals surface area contributed by atoms with E-state index in [1.165, 1.54) is 0 Å². The number of pyridine rings is 1. The zero-order valence-electron chi connectivity index (χ0n) is 11.1. The summed E-state index contributed by atoms with van der Waals surface area (Å²) in [5.41, 5.74) is 6.23. The lowest BCUT2D eigenvalue weighted by Crippen LogP contribution is -2.42. The molecule has 0 saturated carbocycles. The Balaban J connectivity index is 2.86. The first-order valence-corrected chi connectivity index (χ1v) is 6.79. The zero-order valence-corrected chi connectivity index (χ0v) is 12.7. The summed E-state index contributed by atoms with van der Waals surface area (Å²) < 4.78 is 0.808. The van der Waals surface area contributed by atoms with E-state index < -0.39 is 0 Å². The first kappa shape index (κ1) is 15.1. The van der Waals surface area contributed by atoms with Crippen LogP contribution in [0.15, 0.2) is 22.9 Å². The highest BCUT2D eigenvalue weighted by Crippen LogP contribution is 2.17. The number of carbonyl (C=O) groups is 1. The molecule has 2 N–H and O–H groups in total. The van der Waals surface area contributed by atoms with Gasteiger partial charge in [-0.1, -0.05) is 13.8 Å². The van der Waals surface area contributed by atoms with Crippen molar-refractivity contribution >= 4 is 21.8 Å². The number of nitrogens with zero attached hydrogens (tertiary/aromatic N) is 2. The van der Waals surface area contributed by atoms with Crippen LogP contribution in [-0.2, 0) is 0 Å². The molecule has 0 aliphatic carbocycles. The molecule has 5 heteroatoms. The van der Waals surface area contributed by atoms with Crippen LogP contribution >= 0.6 is 15.9 Å². The van der Waals surface area contributed by atoms with Crippen molar-refractivity contribution in [3.05, 3.63) is 28.5 Å². The van der Waals surface area contributed by atoms with Crippen molar-refractivity contribution in [1.82, 2.24) is 9.88 Å². The highest BCUT2D eigenvalue weighted by atomic mass is 79.9. The van der Waals surface area contributed by atoms with Gasteiger partial charge in [-0.2, -0.15) is 0 Å². The molecule has 0 aliphatic rings. The van der Waals surface area contributed by atoms with E-state index in [9.17, 15) is 4.79 Å². The van der Waals surface area contributed by atoms with Crippen LogP contribution in [0.1, 0.15) is 31.1 Å². The monoisotopic (exact) mass is 313 g/mol. The Labute approximate surface area is 117 Å². The van der Waals surface area contributed by atoms with Gasteiger partial charge in [0.25, 0.3) is 5.91 Å². The smallest absolute Gasteiger partial charge is 0.255 e. The maximum absolute atomic E-state index is 12.3. The Kier molecular flexibility index (Phi) is 5.28. The van der Waals surface area contributed by atoms with E-state index in [0.717, 1.165) is 4.47 Å². The number of halogens is 1. The van der Waals surface area contributed by atoms with Gasteiger partial charge in [-0.05, 0) is 40.9 Å². The molecule has 4 nitrogen and oxygen atoms in total. The van der Waals surface area contributed by atoms with Gasteiger partial charge in [-0.3, -0.25) is 9.78 Å². The largest absolute Gasteiger partial charge is 0.338 e. The van der Waals surface area contributed by atoms with Gasteiger partial charge < -0.3 is 10.6 Å². The van der Waals surface area contributed by atoms with E-state index in [1.54, 1.807) is 23.4 Å². The summed E-state index contributed by atoms with van der Waals surface area (Å²) in [7, 11) is 0. The Morgan fingerprint density at radius 1 is 1.50 bits per heavy atom. The first-order valence-electron chi connectivity index (χ1n) is 5.99. The van der Waals surface area contributed by atoms with Crippen LogP contribution < -0.4 is 5.73 Å². The maximum Gasteiger partial charge on any atom is 0.255 e. The molecule has 1 rings (SSSR count). The van der Waals surface area contributed by atoms with Gasteiger partial charge in [0.1, 0.15) is 0 Å². The number of carbonyl (C=O) groups excluding carboxylic acids is 1. The van der Waals surface area contributed by atoms with Gasteiger partial charge in [-0.25, -0.2) is 0 Å². The molecule has 0 fully saturated rings. The highest BCUT2D eigenvalue weighted by Gasteiger charge is 2.23. The van der Waals surface area contributed by atoms with E-state index in [1.807, 2.05) is 6.92 Å². The standard InChI is InChI=1S/C13H20BrN3O/c1-4-17(9-13(2,3)8-15)12(18)10-5-11(14)7-16-6-10/h5-7H,4,8-9,15H2,1-3H3. The van der Waals surface area contributed by atoms with Crippen LogP contribution in [0.4, 0.5) is 0 Å². The molecule has 1 aromatic heterocycles. The molecule has 0 radical (unpaired) electrons. The third-order valence-corrected chi connectivity index (χ3v) is 3.23. The van der Waals surface area contributed by atoms with E-state index in [2.05, 4.69) is 34.8 Å². The van der Waals surface area contributed by atoms with Crippen molar-refractivity contribution in [3.63, 3.8) is 0 Å². The fourth-order valence-electron chi connectivity index (χ4n) is 1.62. The summed E-state index contributed by atoms with van der Waals surface area (Å²) in [5.74, 6) is -0.00664. The average molecular weight is 314 g/mol. The van der Waals surface area contributed by atoms with Gasteiger partial charge in [0.2, 0.25) is 0 Å². The summed E-state index contributed by atoms with van der Waals surface area (Å²) in [6, 6.07) is 1.79. The number of hydrogen-bond donors (Lipinski definition) is 1.